The van der Waals surface area contributed by atoms with E-state index in [-0.39, 0.29) is 5.24 Å². The molecule has 0 spiro atoms. The van der Waals surface area contributed by atoms with Crippen molar-refractivity contribution in [1.82, 2.24) is 9.80 Å². The van der Waals surface area contributed by atoms with E-state index in [1.807, 2.05) is 24.3 Å². The summed E-state index contributed by atoms with van der Waals surface area (Å²) < 4.78 is 0. The molecule has 1 aromatic carbocycles. The summed E-state index contributed by atoms with van der Waals surface area (Å²) >= 11 is 9.68. The summed E-state index contributed by atoms with van der Waals surface area (Å²) in [6.07, 6.45) is 0. The van der Waals surface area contributed by atoms with Gasteiger partial charge in [0.05, 0.1) is 0 Å². The van der Waals surface area contributed by atoms with E-state index in [2.05, 4.69) is 17.5 Å². The van der Waals surface area contributed by atoms with Crippen LogP contribution in [0.1, 0.15) is 5.56 Å². The van der Waals surface area contributed by atoms with Gasteiger partial charge in [-0.25, -0.2) is 0 Å². The molecule has 1 fully saturated rings. The highest BCUT2D eigenvalue weighted by Crippen LogP contribution is 2.13. The maximum absolute atomic E-state index is 11.1. The first-order valence-corrected chi connectivity index (χ1v) is 6.42. The standard InChI is InChI=1S/C12H15ClN2OS/c13-11-3-1-10(2-4-11)9-14-5-7-15(8-6-14)12(16)17/h1-4H,5-9H2,(H,16,17). The number of carbonyl (C=O) groups is 1. The van der Waals surface area contributed by atoms with Crippen molar-refractivity contribution in [2.75, 3.05) is 26.2 Å². The first-order valence-electron chi connectivity index (χ1n) is 5.60. The molecule has 1 heterocycles. The number of piperazine rings is 1. The minimum atomic E-state index is -0.129. The largest absolute Gasteiger partial charge is 0.331 e. The lowest BCUT2D eigenvalue weighted by Gasteiger charge is -2.33. The van der Waals surface area contributed by atoms with Crippen molar-refractivity contribution < 1.29 is 4.79 Å². The minimum absolute atomic E-state index is 0.129. The van der Waals surface area contributed by atoms with Crippen molar-refractivity contribution in [2.45, 2.75) is 6.54 Å². The smallest absolute Gasteiger partial charge is 0.278 e. The topological polar surface area (TPSA) is 23.6 Å². The molecule has 0 aromatic heterocycles. The molecule has 1 saturated heterocycles. The summed E-state index contributed by atoms with van der Waals surface area (Å²) in [5.41, 5.74) is 1.25. The minimum Gasteiger partial charge on any atom is -0.331 e. The van der Waals surface area contributed by atoms with Crippen LogP contribution in [0.2, 0.25) is 5.02 Å². The monoisotopic (exact) mass is 270 g/mol. The van der Waals surface area contributed by atoms with Crippen molar-refractivity contribution in [1.29, 1.82) is 0 Å². The van der Waals surface area contributed by atoms with Crippen molar-refractivity contribution in [3.63, 3.8) is 0 Å². The summed E-state index contributed by atoms with van der Waals surface area (Å²) in [4.78, 5) is 15.2. The van der Waals surface area contributed by atoms with Crippen molar-refractivity contribution in [2.24, 2.45) is 0 Å². The van der Waals surface area contributed by atoms with Crippen LogP contribution < -0.4 is 0 Å². The molecule has 2 rings (SSSR count). The fourth-order valence-electron chi connectivity index (χ4n) is 1.95. The molecule has 5 heteroatoms. The third-order valence-corrected chi connectivity index (χ3v) is 3.50. The van der Waals surface area contributed by atoms with Gasteiger partial charge in [0.25, 0.3) is 5.24 Å². The number of hydrogen-bond acceptors (Lipinski definition) is 2. The van der Waals surface area contributed by atoms with Crippen molar-refractivity contribution in [3.8, 4) is 0 Å². The molecule has 0 saturated carbocycles. The van der Waals surface area contributed by atoms with Crippen LogP contribution in [-0.4, -0.2) is 41.2 Å². The Morgan fingerprint density at radius 2 is 1.76 bits per heavy atom. The second-order valence-corrected chi connectivity index (χ2v) is 4.99. The van der Waals surface area contributed by atoms with E-state index < -0.39 is 0 Å². The van der Waals surface area contributed by atoms with E-state index in [1.54, 1.807) is 4.90 Å². The number of carbonyl (C=O) groups excluding carboxylic acids is 1. The van der Waals surface area contributed by atoms with Crippen LogP contribution in [0.4, 0.5) is 4.79 Å². The molecule has 0 bridgehead atoms. The summed E-state index contributed by atoms with van der Waals surface area (Å²) in [6.45, 7) is 4.22. The van der Waals surface area contributed by atoms with E-state index in [4.69, 9.17) is 11.6 Å². The predicted octanol–water partition coefficient (Wildman–Crippen LogP) is 2.51. The Morgan fingerprint density at radius 1 is 1.18 bits per heavy atom. The number of benzene rings is 1. The number of amides is 1. The summed E-state index contributed by atoms with van der Waals surface area (Å²) in [6, 6.07) is 7.89. The van der Waals surface area contributed by atoms with Crippen LogP contribution in [-0.2, 0) is 6.54 Å². The van der Waals surface area contributed by atoms with E-state index in [0.29, 0.717) is 0 Å². The molecule has 0 atom stereocenters. The lowest BCUT2D eigenvalue weighted by Crippen LogP contribution is -2.46. The maximum atomic E-state index is 11.1. The number of nitrogens with zero attached hydrogens (tertiary/aromatic N) is 2. The van der Waals surface area contributed by atoms with Gasteiger partial charge in [-0.1, -0.05) is 36.4 Å². The molecular weight excluding hydrogens is 256 g/mol. The highest BCUT2D eigenvalue weighted by Gasteiger charge is 2.18. The van der Waals surface area contributed by atoms with Crippen LogP contribution >= 0.6 is 24.2 Å². The van der Waals surface area contributed by atoms with Gasteiger partial charge in [0.2, 0.25) is 0 Å². The summed E-state index contributed by atoms with van der Waals surface area (Å²) in [5.74, 6) is 0. The number of rotatable bonds is 2. The maximum Gasteiger partial charge on any atom is 0.278 e. The Labute approximate surface area is 112 Å². The summed E-state index contributed by atoms with van der Waals surface area (Å²) in [5, 5.41) is 0.635. The van der Waals surface area contributed by atoms with Crippen LogP contribution in [0.15, 0.2) is 24.3 Å². The van der Waals surface area contributed by atoms with Crippen LogP contribution in [0.25, 0.3) is 0 Å². The molecule has 92 valence electrons. The molecule has 0 N–H and O–H groups in total. The number of thiol groups is 1. The zero-order valence-electron chi connectivity index (χ0n) is 9.47. The number of hydrogen-bond donors (Lipinski definition) is 1. The molecule has 1 amide bonds. The third-order valence-electron chi connectivity index (χ3n) is 2.96. The van der Waals surface area contributed by atoms with E-state index in [1.165, 1.54) is 5.56 Å². The van der Waals surface area contributed by atoms with Gasteiger partial charge in [-0.15, -0.1) is 0 Å². The molecule has 17 heavy (non-hydrogen) atoms. The highest BCUT2D eigenvalue weighted by atomic mass is 35.5. The first kappa shape index (κ1) is 12.7. The van der Waals surface area contributed by atoms with Gasteiger partial charge in [-0.2, -0.15) is 0 Å². The first-order chi connectivity index (χ1) is 8.15. The Balaban J connectivity index is 1.85. The average molecular weight is 271 g/mol. The molecule has 3 nitrogen and oxygen atoms in total. The van der Waals surface area contributed by atoms with Crippen LogP contribution in [0.5, 0.6) is 0 Å². The second kappa shape index (κ2) is 5.76. The quantitative estimate of drug-likeness (QED) is 0.835. The Morgan fingerprint density at radius 3 is 2.29 bits per heavy atom. The number of halogens is 1. The van der Waals surface area contributed by atoms with Gasteiger partial charge < -0.3 is 4.90 Å². The predicted molar refractivity (Wildman–Crippen MR) is 72.7 cm³/mol. The Kier molecular flexibility index (Phi) is 4.31. The van der Waals surface area contributed by atoms with E-state index in [0.717, 1.165) is 37.7 Å². The molecule has 0 radical (unpaired) electrons. The second-order valence-electron chi connectivity index (χ2n) is 4.17. The third kappa shape index (κ3) is 3.63. The van der Waals surface area contributed by atoms with Crippen molar-refractivity contribution in [3.05, 3.63) is 34.9 Å². The fourth-order valence-corrected chi connectivity index (χ4v) is 2.27. The van der Waals surface area contributed by atoms with Crippen LogP contribution in [0, 0.1) is 0 Å². The Hall–Kier alpha value is -0.710. The van der Waals surface area contributed by atoms with Gasteiger partial charge in [-0.3, -0.25) is 9.69 Å². The van der Waals surface area contributed by atoms with E-state index in [9.17, 15) is 4.79 Å². The Bertz CT molecular complexity index is 388. The van der Waals surface area contributed by atoms with Gasteiger partial charge in [0.15, 0.2) is 0 Å². The van der Waals surface area contributed by atoms with Gasteiger partial charge in [0, 0.05) is 37.7 Å². The zero-order valence-corrected chi connectivity index (χ0v) is 11.1. The van der Waals surface area contributed by atoms with E-state index >= 15 is 0 Å². The molecule has 1 aromatic rings. The van der Waals surface area contributed by atoms with Gasteiger partial charge in [0.1, 0.15) is 0 Å². The fraction of sp³-hybridized carbons (Fsp3) is 0.417. The lowest BCUT2D eigenvalue weighted by atomic mass is 10.2. The van der Waals surface area contributed by atoms with Crippen molar-refractivity contribution >= 4 is 29.5 Å². The zero-order chi connectivity index (χ0) is 12.3. The molecular formula is C12H15ClN2OS. The lowest BCUT2D eigenvalue weighted by molar-refractivity contribution is 0.149. The molecule has 1 aliphatic heterocycles. The molecule has 0 unspecified atom stereocenters. The SMILES string of the molecule is O=C(S)N1CCN(Cc2ccc(Cl)cc2)CC1. The van der Waals surface area contributed by atoms with Gasteiger partial charge >= 0.3 is 0 Å². The molecule has 1 aliphatic rings. The average Bonchev–Trinajstić information content (AvgIpc) is 2.33. The normalized spacial score (nSPS) is 17.2. The molecule has 0 aliphatic carbocycles. The highest BCUT2D eigenvalue weighted by molar-refractivity contribution is 7.96. The summed E-state index contributed by atoms with van der Waals surface area (Å²) in [7, 11) is 0. The van der Waals surface area contributed by atoms with Gasteiger partial charge in [-0.05, 0) is 17.7 Å². The van der Waals surface area contributed by atoms with Crippen LogP contribution in [0.3, 0.4) is 0 Å².